The van der Waals surface area contributed by atoms with E-state index in [0.29, 0.717) is 0 Å². The molecule has 0 bridgehead atoms. The minimum atomic E-state index is -0.827. The summed E-state index contributed by atoms with van der Waals surface area (Å²) in [5.74, 6) is -2.25. The highest BCUT2D eigenvalue weighted by molar-refractivity contribution is 6.02. The molecule has 0 spiro atoms. The fraction of sp³-hybridized carbons (Fsp3) is 0.167. The lowest BCUT2D eigenvalue weighted by Gasteiger charge is -2.10. The van der Waals surface area contributed by atoms with Crippen molar-refractivity contribution in [3.8, 4) is 5.75 Å². The molecule has 0 radical (unpaired) electrons. The van der Waals surface area contributed by atoms with Crippen LogP contribution >= 0.6 is 0 Å². The molecule has 2 rings (SSSR count). The van der Waals surface area contributed by atoms with Crippen LogP contribution in [0.4, 0.5) is 5.69 Å². The fourth-order valence-electron chi connectivity index (χ4n) is 2.02. The maximum Gasteiger partial charge on any atom is 0.342 e. The third-order valence-electron chi connectivity index (χ3n) is 3.15. The van der Waals surface area contributed by atoms with E-state index in [1.165, 1.54) is 24.3 Å². The predicted octanol–water partition coefficient (Wildman–Crippen LogP) is 2.36. The maximum atomic E-state index is 12.0. The van der Waals surface area contributed by atoms with Gasteiger partial charge in [-0.2, -0.15) is 0 Å². The Morgan fingerprint density at radius 2 is 1.52 bits per heavy atom. The zero-order valence-corrected chi connectivity index (χ0v) is 13.5. The van der Waals surface area contributed by atoms with E-state index in [1.807, 2.05) is 0 Å². The number of anilines is 1. The van der Waals surface area contributed by atoms with Crippen LogP contribution in [0.15, 0.2) is 48.5 Å². The van der Waals surface area contributed by atoms with Crippen LogP contribution in [0.2, 0.25) is 0 Å². The highest BCUT2D eigenvalue weighted by atomic mass is 16.5. The first-order chi connectivity index (χ1) is 12.0. The number of phenols is 1. The molecule has 0 heterocycles. The number of carbonyl (C=O) groups excluding carboxylic acids is 3. The second-order valence-electron chi connectivity index (χ2n) is 4.91. The van der Waals surface area contributed by atoms with Crippen LogP contribution in [0.5, 0.6) is 5.75 Å². The third-order valence-corrected chi connectivity index (χ3v) is 3.15. The average Bonchev–Trinajstić information content (AvgIpc) is 2.60. The number of ether oxygens (including phenoxy) is 2. The molecule has 0 saturated carbocycles. The third kappa shape index (κ3) is 4.81. The minimum absolute atomic E-state index is 0.0396. The van der Waals surface area contributed by atoms with Gasteiger partial charge in [0.05, 0.1) is 17.9 Å². The van der Waals surface area contributed by atoms with E-state index in [4.69, 9.17) is 9.47 Å². The Bertz CT molecular complexity index is 787. The summed E-state index contributed by atoms with van der Waals surface area (Å²) >= 11 is 0. The van der Waals surface area contributed by atoms with E-state index in [1.54, 1.807) is 31.2 Å². The minimum Gasteiger partial charge on any atom is -0.507 e. The van der Waals surface area contributed by atoms with Crippen molar-refractivity contribution in [2.75, 3.05) is 18.5 Å². The summed E-state index contributed by atoms with van der Waals surface area (Å²) in [4.78, 5) is 35.7. The topological polar surface area (TPSA) is 102 Å². The molecule has 2 aromatic rings. The molecule has 2 aromatic carbocycles. The van der Waals surface area contributed by atoms with Crippen LogP contribution in [0.25, 0.3) is 0 Å². The van der Waals surface area contributed by atoms with Crippen molar-refractivity contribution in [2.24, 2.45) is 0 Å². The molecule has 0 aliphatic rings. The summed E-state index contributed by atoms with van der Waals surface area (Å²) in [5, 5.41) is 12.1. The molecule has 2 N–H and O–H groups in total. The van der Waals surface area contributed by atoms with Gasteiger partial charge in [0, 0.05) is 0 Å². The van der Waals surface area contributed by atoms with Crippen LogP contribution in [0.3, 0.4) is 0 Å². The zero-order chi connectivity index (χ0) is 18.2. The van der Waals surface area contributed by atoms with Gasteiger partial charge < -0.3 is 19.9 Å². The monoisotopic (exact) mass is 343 g/mol. The summed E-state index contributed by atoms with van der Waals surface area (Å²) in [7, 11) is 0. The number of benzene rings is 2. The molecule has 25 heavy (non-hydrogen) atoms. The van der Waals surface area contributed by atoms with Gasteiger partial charge in [0.15, 0.2) is 6.61 Å². The predicted molar refractivity (Wildman–Crippen MR) is 89.4 cm³/mol. The number of phenolic OH excluding ortho intramolecular Hbond substituents is 1. The van der Waals surface area contributed by atoms with Gasteiger partial charge in [-0.1, -0.05) is 24.3 Å². The Morgan fingerprint density at radius 1 is 0.920 bits per heavy atom. The Hall–Kier alpha value is -3.35. The molecule has 1 amide bonds. The van der Waals surface area contributed by atoms with Gasteiger partial charge in [-0.25, -0.2) is 9.59 Å². The first kappa shape index (κ1) is 18.0. The van der Waals surface area contributed by atoms with E-state index in [-0.39, 0.29) is 29.2 Å². The van der Waals surface area contributed by atoms with Crippen LogP contribution in [0, 0.1) is 0 Å². The fourth-order valence-corrected chi connectivity index (χ4v) is 2.02. The Morgan fingerprint density at radius 3 is 2.20 bits per heavy atom. The van der Waals surface area contributed by atoms with Crippen molar-refractivity contribution < 1.29 is 29.0 Å². The second kappa shape index (κ2) is 8.49. The first-order valence-corrected chi connectivity index (χ1v) is 7.54. The normalized spacial score (nSPS) is 9.96. The molecule has 0 unspecified atom stereocenters. The Balaban J connectivity index is 1.98. The number of amides is 1. The molecule has 7 heteroatoms. The van der Waals surface area contributed by atoms with Crippen molar-refractivity contribution in [1.29, 1.82) is 0 Å². The highest BCUT2D eigenvalue weighted by Crippen LogP contribution is 2.18. The molecule has 0 aliphatic carbocycles. The number of hydrogen-bond acceptors (Lipinski definition) is 6. The summed E-state index contributed by atoms with van der Waals surface area (Å²) in [6.07, 6.45) is 0. The lowest BCUT2D eigenvalue weighted by molar-refractivity contribution is -0.119. The smallest absolute Gasteiger partial charge is 0.342 e. The Labute approximate surface area is 144 Å². The molecular formula is C18H17NO6. The quantitative estimate of drug-likeness (QED) is 0.781. The van der Waals surface area contributed by atoms with Crippen molar-refractivity contribution in [3.05, 3.63) is 59.7 Å². The van der Waals surface area contributed by atoms with Crippen molar-refractivity contribution in [3.63, 3.8) is 0 Å². The van der Waals surface area contributed by atoms with Gasteiger partial charge in [0.2, 0.25) is 0 Å². The molecule has 0 saturated heterocycles. The van der Waals surface area contributed by atoms with E-state index in [9.17, 15) is 19.5 Å². The van der Waals surface area contributed by atoms with Crippen LogP contribution < -0.4 is 5.32 Å². The molecular weight excluding hydrogens is 326 g/mol. The number of aromatic hydroxyl groups is 1. The van der Waals surface area contributed by atoms with Gasteiger partial charge >= 0.3 is 11.9 Å². The summed E-state index contributed by atoms with van der Waals surface area (Å²) in [6.45, 7) is 1.32. The van der Waals surface area contributed by atoms with Crippen molar-refractivity contribution in [2.45, 2.75) is 6.92 Å². The number of hydrogen-bond donors (Lipinski definition) is 2. The first-order valence-electron chi connectivity index (χ1n) is 7.54. The largest absolute Gasteiger partial charge is 0.507 e. The van der Waals surface area contributed by atoms with E-state index in [0.717, 1.165) is 0 Å². The number of para-hydroxylation sites is 2. The number of nitrogens with one attached hydrogen (secondary N) is 1. The number of rotatable bonds is 6. The molecule has 0 atom stereocenters. The average molecular weight is 343 g/mol. The van der Waals surface area contributed by atoms with Gasteiger partial charge in [-0.15, -0.1) is 0 Å². The number of esters is 2. The van der Waals surface area contributed by atoms with Crippen molar-refractivity contribution in [1.82, 2.24) is 0 Å². The van der Waals surface area contributed by atoms with Gasteiger partial charge in [-0.3, -0.25) is 4.79 Å². The van der Waals surface area contributed by atoms with Crippen LogP contribution in [-0.2, 0) is 14.3 Å². The molecule has 130 valence electrons. The summed E-state index contributed by atoms with van der Waals surface area (Å²) < 4.78 is 9.78. The summed E-state index contributed by atoms with van der Waals surface area (Å²) in [6, 6.07) is 12.2. The second-order valence-corrected chi connectivity index (χ2v) is 4.91. The van der Waals surface area contributed by atoms with Crippen LogP contribution in [-0.4, -0.2) is 36.2 Å². The lowest BCUT2D eigenvalue weighted by Crippen LogP contribution is -2.22. The standard InChI is InChI=1S/C18H17NO6/c1-2-24-17(22)12-7-3-5-9-14(12)19-16(21)11-25-18(23)13-8-4-6-10-15(13)20/h3-10,20H,2,11H2,1H3,(H,19,21). The van der Waals surface area contributed by atoms with Gasteiger partial charge in [0.25, 0.3) is 5.91 Å². The SMILES string of the molecule is CCOC(=O)c1ccccc1NC(=O)COC(=O)c1ccccc1O. The highest BCUT2D eigenvalue weighted by Gasteiger charge is 2.16. The molecule has 0 fully saturated rings. The van der Waals surface area contributed by atoms with Gasteiger partial charge in [-0.05, 0) is 31.2 Å². The molecule has 7 nitrogen and oxygen atoms in total. The maximum absolute atomic E-state index is 12.0. The zero-order valence-electron chi connectivity index (χ0n) is 13.5. The van der Waals surface area contributed by atoms with Crippen LogP contribution in [0.1, 0.15) is 27.6 Å². The molecule has 0 aliphatic heterocycles. The number of carbonyl (C=O) groups is 3. The lowest BCUT2D eigenvalue weighted by atomic mass is 10.2. The van der Waals surface area contributed by atoms with E-state index < -0.39 is 24.5 Å². The summed E-state index contributed by atoms with van der Waals surface area (Å²) in [5.41, 5.74) is 0.413. The molecule has 0 aromatic heterocycles. The van der Waals surface area contributed by atoms with E-state index >= 15 is 0 Å². The van der Waals surface area contributed by atoms with Crippen molar-refractivity contribution >= 4 is 23.5 Å². The Kier molecular flexibility index (Phi) is 6.11. The van der Waals surface area contributed by atoms with E-state index in [2.05, 4.69) is 5.32 Å². The van der Waals surface area contributed by atoms with Gasteiger partial charge in [0.1, 0.15) is 11.3 Å².